The topological polar surface area (TPSA) is 78.9 Å². The van der Waals surface area contributed by atoms with Crippen LogP contribution in [0.1, 0.15) is 45.7 Å². The highest BCUT2D eigenvalue weighted by Gasteiger charge is 2.23. The van der Waals surface area contributed by atoms with Crippen LogP contribution >= 0.6 is 0 Å². The third-order valence-electron chi connectivity index (χ3n) is 4.51. The fourth-order valence-corrected chi connectivity index (χ4v) is 3.10. The monoisotopic (exact) mass is 345 g/mol. The molecule has 0 bridgehead atoms. The van der Waals surface area contributed by atoms with E-state index in [9.17, 15) is 9.90 Å². The van der Waals surface area contributed by atoms with Crippen molar-refractivity contribution in [1.82, 2.24) is 9.78 Å². The van der Waals surface area contributed by atoms with Crippen molar-refractivity contribution in [1.29, 1.82) is 5.26 Å². The lowest BCUT2D eigenvalue weighted by Crippen LogP contribution is -2.06. The van der Waals surface area contributed by atoms with Gasteiger partial charge in [-0.15, -0.1) is 0 Å². The maximum atomic E-state index is 11.8. The van der Waals surface area contributed by atoms with Crippen LogP contribution in [0, 0.1) is 18.3 Å². The third-order valence-corrected chi connectivity index (χ3v) is 4.51. The quantitative estimate of drug-likeness (QED) is 0.755. The molecule has 3 aromatic rings. The van der Waals surface area contributed by atoms with Gasteiger partial charge in [-0.1, -0.05) is 37.3 Å². The van der Waals surface area contributed by atoms with Gasteiger partial charge in [0.05, 0.1) is 28.7 Å². The number of benzene rings is 2. The van der Waals surface area contributed by atoms with Crippen molar-refractivity contribution in [2.45, 2.75) is 26.2 Å². The van der Waals surface area contributed by atoms with Gasteiger partial charge in [0.25, 0.3) is 0 Å². The van der Waals surface area contributed by atoms with Gasteiger partial charge in [-0.05, 0) is 49.1 Å². The lowest BCUT2D eigenvalue weighted by Gasteiger charge is -2.10. The first-order valence-corrected chi connectivity index (χ1v) is 8.38. The van der Waals surface area contributed by atoms with Crippen LogP contribution in [0.25, 0.3) is 5.69 Å². The fraction of sp³-hybridized carbons (Fsp3) is 0.190. The van der Waals surface area contributed by atoms with E-state index in [2.05, 4.69) is 18.1 Å². The van der Waals surface area contributed by atoms with E-state index in [1.807, 2.05) is 30.3 Å². The Morgan fingerprint density at radius 2 is 1.85 bits per heavy atom. The molecule has 5 heteroatoms. The molecule has 0 aliphatic rings. The molecule has 0 amide bonds. The summed E-state index contributed by atoms with van der Waals surface area (Å²) in [7, 11) is 0. The molecule has 1 heterocycles. The van der Waals surface area contributed by atoms with E-state index in [0.29, 0.717) is 23.4 Å². The summed E-state index contributed by atoms with van der Waals surface area (Å²) in [6.45, 7) is 3.82. The minimum absolute atomic E-state index is 0.151. The van der Waals surface area contributed by atoms with Crippen molar-refractivity contribution >= 4 is 5.97 Å². The third kappa shape index (κ3) is 3.35. The standard InChI is InChI=1S/C21H19N3O2/c1-14(17-6-4-3-5-7-17)12-19-20(21(25)26)15(2)24(23-19)18-10-8-16(13-22)9-11-18/h3-11,14H,12H2,1-2H3,(H,25,26). The van der Waals surface area contributed by atoms with Crippen molar-refractivity contribution in [3.63, 3.8) is 0 Å². The average Bonchev–Trinajstić information content (AvgIpc) is 2.98. The zero-order valence-corrected chi connectivity index (χ0v) is 14.7. The van der Waals surface area contributed by atoms with Gasteiger partial charge in [-0.25, -0.2) is 9.48 Å². The van der Waals surface area contributed by atoms with E-state index in [-0.39, 0.29) is 11.5 Å². The van der Waals surface area contributed by atoms with Crippen LogP contribution in [0.3, 0.4) is 0 Å². The van der Waals surface area contributed by atoms with Crippen molar-refractivity contribution in [2.75, 3.05) is 0 Å². The number of nitriles is 1. The Morgan fingerprint density at radius 3 is 2.42 bits per heavy atom. The van der Waals surface area contributed by atoms with E-state index in [1.165, 1.54) is 0 Å². The number of carbonyl (C=O) groups is 1. The summed E-state index contributed by atoms with van der Waals surface area (Å²) in [5.74, 6) is -0.823. The maximum absolute atomic E-state index is 11.8. The summed E-state index contributed by atoms with van der Waals surface area (Å²) in [4.78, 5) is 11.8. The molecule has 1 N–H and O–H groups in total. The van der Waals surface area contributed by atoms with Gasteiger partial charge in [0.2, 0.25) is 0 Å². The van der Waals surface area contributed by atoms with Crippen LogP contribution in [0.5, 0.6) is 0 Å². The minimum atomic E-state index is -0.974. The molecule has 0 fully saturated rings. The Kier molecular flexibility index (Phi) is 4.85. The zero-order valence-electron chi connectivity index (χ0n) is 14.7. The number of nitrogens with zero attached hydrogens (tertiary/aromatic N) is 3. The number of hydrogen-bond acceptors (Lipinski definition) is 3. The van der Waals surface area contributed by atoms with Crippen LogP contribution in [0.15, 0.2) is 54.6 Å². The Morgan fingerprint density at radius 1 is 1.19 bits per heavy atom. The van der Waals surface area contributed by atoms with Crippen molar-refractivity contribution < 1.29 is 9.90 Å². The van der Waals surface area contributed by atoms with Gasteiger partial charge < -0.3 is 5.11 Å². The SMILES string of the molecule is Cc1c(C(=O)O)c(CC(C)c2ccccc2)nn1-c1ccc(C#N)cc1. The molecule has 2 aromatic carbocycles. The molecule has 26 heavy (non-hydrogen) atoms. The number of aromatic nitrogens is 2. The number of carboxylic acid groups (broad SMARTS) is 1. The Labute approximate surface area is 152 Å². The normalized spacial score (nSPS) is 11.7. The average molecular weight is 345 g/mol. The second-order valence-electron chi connectivity index (χ2n) is 6.30. The van der Waals surface area contributed by atoms with Gasteiger partial charge in [0.15, 0.2) is 0 Å². The van der Waals surface area contributed by atoms with Gasteiger partial charge in [0, 0.05) is 0 Å². The molecule has 3 rings (SSSR count). The molecule has 0 aliphatic heterocycles. The first kappa shape index (κ1) is 17.4. The Bertz CT molecular complexity index is 967. The summed E-state index contributed by atoms with van der Waals surface area (Å²) < 4.78 is 1.64. The largest absolute Gasteiger partial charge is 0.478 e. The van der Waals surface area contributed by atoms with E-state index < -0.39 is 5.97 Å². The summed E-state index contributed by atoms with van der Waals surface area (Å²) in [5, 5.41) is 23.2. The molecule has 0 saturated carbocycles. The molecule has 5 nitrogen and oxygen atoms in total. The summed E-state index contributed by atoms with van der Waals surface area (Å²) in [6, 6.07) is 19.0. The molecule has 0 spiro atoms. The summed E-state index contributed by atoms with van der Waals surface area (Å²) >= 11 is 0. The number of aromatic carboxylic acids is 1. The molecule has 0 aliphatic carbocycles. The number of carboxylic acids is 1. The number of hydrogen-bond donors (Lipinski definition) is 1. The molecule has 1 aromatic heterocycles. The highest BCUT2D eigenvalue weighted by Crippen LogP contribution is 2.25. The van der Waals surface area contributed by atoms with Gasteiger partial charge in [-0.3, -0.25) is 0 Å². The molecule has 1 unspecified atom stereocenters. The Balaban J connectivity index is 2.00. The van der Waals surface area contributed by atoms with Crippen LogP contribution in [-0.4, -0.2) is 20.9 Å². The summed E-state index contributed by atoms with van der Waals surface area (Å²) in [5.41, 5.74) is 3.83. The predicted octanol–water partition coefficient (Wildman–Crippen LogP) is 4.10. The van der Waals surface area contributed by atoms with Crippen LogP contribution in [0.4, 0.5) is 0 Å². The van der Waals surface area contributed by atoms with E-state index in [4.69, 9.17) is 5.26 Å². The Hall–Kier alpha value is -3.39. The maximum Gasteiger partial charge on any atom is 0.339 e. The highest BCUT2D eigenvalue weighted by atomic mass is 16.4. The molecule has 1 atom stereocenters. The van der Waals surface area contributed by atoms with Gasteiger partial charge in [-0.2, -0.15) is 10.4 Å². The molecule has 130 valence electrons. The molecular formula is C21H19N3O2. The first-order valence-electron chi connectivity index (χ1n) is 8.38. The van der Waals surface area contributed by atoms with Crippen LogP contribution < -0.4 is 0 Å². The second-order valence-corrected chi connectivity index (χ2v) is 6.30. The molecule has 0 saturated heterocycles. The van der Waals surface area contributed by atoms with E-state index >= 15 is 0 Å². The van der Waals surface area contributed by atoms with Crippen LogP contribution in [-0.2, 0) is 6.42 Å². The molecule has 0 radical (unpaired) electrons. The summed E-state index contributed by atoms with van der Waals surface area (Å²) in [6.07, 6.45) is 0.537. The molecular weight excluding hydrogens is 326 g/mol. The smallest absolute Gasteiger partial charge is 0.339 e. The van der Waals surface area contributed by atoms with Crippen molar-refractivity contribution in [3.05, 3.63) is 82.7 Å². The van der Waals surface area contributed by atoms with Crippen LogP contribution in [0.2, 0.25) is 0 Å². The second kappa shape index (κ2) is 7.24. The zero-order chi connectivity index (χ0) is 18.7. The van der Waals surface area contributed by atoms with Crippen molar-refractivity contribution in [3.8, 4) is 11.8 Å². The van der Waals surface area contributed by atoms with Gasteiger partial charge >= 0.3 is 5.97 Å². The lowest BCUT2D eigenvalue weighted by atomic mass is 9.94. The fourth-order valence-electron chi connectivity index (χ4n) is 3.10. The van der Waals surface area contributed by atoms with E-state index in [0.717, 1.165) is 11.3 Å². The van der Waals surface area contributed by atoms with E-state index in [1.54, 1.807) is 35.9 Å². The number of rotatable bonds is 5. The van der Waals surface area contributed by atoms with Gasteiger partial charge in [0.1, 0.15) is 5.56 Å². The highest BCUT2D eigenvalue weighted by molar-refractivity contribution is 5.90. The first-order chi connectivity index (χ1) is 12.5. The minimum Gasteiger partial charge on any atom is -0.478 e. The predicted molar refractivity (Wildman–Crippen MR) is 98.5 cm³/mol. The lowest BCUT2D eigenvalue weighted by molar-refractivity contribution is 0.0695. The van der Waals surface area contributed by atoms with Crippen molar-refractivity contribution in [2.24, 2.45) is 0 Å².